The van der Waals surface area contributed by atoms with Crippen LogP contribution in [0, 0.1) is 18.3 Å². The molecule has 0 aliphatic heterocycles. The topological polar surface area (TPSA) is 62.7 Å². The second kappa shape index (κ2) is 4.89. The number of nitrogens with zero attached hydrogens (tertiary/aromatic N) is 2. The number of aryl methyl sites for hydroxylation is 1. The largest absolute Gasteiger partial charge is 0.396 e. The van der Waals surface area contributed by atoms with E-state index in [-0.39, 0.29) is 0 Å². The number of nitrogens with two attached hydrogens (primary N) is 1. The molecule has 0 unspecified atom stereocenters. The average Bonchev–Trinajstić information content (AvgIpc) is 2.34. The fraction of sp³-hybridized carbons (Fsp3) is 0.0769. The van der Waals surface area contributed by atoms with Crippen LogP contribution in [0.2, 0.25) is 0 Å². The Hall–Kier alpha value is -1.99. The molecule has 0 spiro atoms. The summed E-state index contributed by atoms with van der Waals surface area (Å²) in [5.74, 6) is 0. The van der Waals surface area contributed by atoms with E-state index in [9.17, 15) is 0 Å². The van der Waals surface area contributed by atoms with E-state index < -0.39 is 0 Å². The van der Waals surface area contributed by atoms with Gasteiger partial charge >= 0.3 is 0 Å². The van der Waals surface area contributed by atoms with Gasteiger partial charge in [-0.3, -0.25) is 0 Å². The Morgan fingerprint density at radius 1 is 1.29 bits per heavy atom. The molecule has 17 heavy (non-hydrogen) atoms. The van der Waals surface area contributed by atoms with Crippen LogP contribution in [-0.2, 0) is 0 Å². The lowest BCUT2D eigenvalue weighted by Gasteiger charge is -2.04. The van der Waals surface area contributed by atoms with Crippen molar-refractivity contribution in [3.8, 4) is 6.07 Å². The van der Waals surface area contributed by atoms with E-state index in [2.05, 4.69) is 4.98 Å². The maximum absolute atomic E-state index is 8.72. The van der Waals surface area contributed by atoms with Gasteiger partial charge in [-0.15, -0.1) is 0 Å². The van der Waals surface area contributed by atoms with Gasteiger partial charge in [0, 0.05) is 11.1 Å². The van der Waals surface area contributed by atoms with E-state index in [1.54, 1.807) is 6.07 Å². The molecule has 3 nitrogen and oxygen atoms in total. The van der Waals surface area contributed by atoms with Crippen molar-refractivity contribution in [1.82, 2.24) is 4.98 Å². The molecule has 0 radical (unpaired) electrons. The van der Waals surface area contributed by atoms with Crippen LogP contribution in [-0.4, -0.2) is 4.98 Å². The number of benzene rings is 1. The summed E-state index contributed by atoms with van der Waals surface area (Å²) < 4.78 is 0. The van der Waals surface area contributed by atoms with E-state index in [0.717, 1.165) is 9.92 Å². The Morgan fingerprint density at radius 2 is 2.00 bits per heavy atom. The fourth-order valence-electron chi connectivity index (χ4n) is 1.33. The number of pyridine rings is 1. The van der Waals surface area contributed by atoms with Crippen LogP contribution in [0.4, 0.5) is 5.69 Å². The monoisotopic (exact) mass is 241 g/mol. The van der Waals surface area contributed by atoms with Crippen molar-refractivity contribution in [2.45, 2.75) is 16.8 Å². The summed E-state index contributed by atoms with van der Waals surface area (Å²) in [6, 6.07) is 11.8. The SMILES string of the molecule is Cc1ccc(Sc2ncc(C#N)cc2N)cc1. The van der Waals surface area contributed by atoms with E-state index in [0.29, 0.717) is 11.3 Å². The standard InChI is InChI=1S/C13H11N3S/c1-9-2-4-11(5-3-9)17-13-12(15)6-10(7-14)8-16-13/h2-6,8H,15H2,1H3. The van der Waals surface area contributed by atoms with Crippen molar-refractivity contribution in [2.24, 2.45) is 0 Å². The van der Waals surface area contributed by atoms with E-state index in [1.807, 2.05) is 37.3 Å². The molecule has 2 N–H and O–H groups in total. The summed E-state index contributed by atoms with van der Waals surface area (Å²) in [7, 11) is 0. The zero-order valence-electron chi connectivity index (χ0n) is 9.34. The molecule has 84 valence electrons. The maximum atomic E-state index is 8.72. The van der Waals surface area contributed by atoms with Gasteiger partial charge in [0.05, 0.1) is 11.3 Å². The van der Waals surface area contributed by atoms with E-state index >= 15 is 0 Å². The first-order valence-corrected chi connectivity index (χ1v) is 5.91. The zero-order valence-corrected chi connectivity index (χ0v) is 10.2. The molecule has 4 heteroatoms. The first kappa shape index (κ1) is 11.5. The van der Waals surface area contributed by atoms with Crippen molar-refractivity contribution in [2.75, 3.05) is 5.73 Å². The quantitative estimate of drug-likeness (QED) is 0.878. The van der Waals surface area contributed by atoms with Crippen molar-refractivity contribution in [3.63, 3.8) is 0 Å². The molecule has 0 bridgehead atoms. The predicted octanol–water partition coefficient (Wildman–Crippen LogP) is 3.00. The highest BCUT2D eigenvalue weighted by Crippen LogP contribution is 2.30. The first-order valence-electron chi connectivity index (χ1n) is 5.09. The normalized spacial score (nSPS) is 9.88. The summed E-state index contributed by atoms with van der Waals surface area (Å²) >= 11 is 1.50. The molecule has 0 amide bonds. The number of nitrogen functional groups attached to an aromatic ring is 1. The van der Waals surface area contributed by atoms with Gasteiger partial charge in [0.1, 0.15) is 11.1 Å². The van der Waals surface area contributed by atoms with Crippen LogP contribution >= 0.6 is 11.8 Å². The van der Waals surface area contributed by atoms with Crippen molar-refractivity contribution >= 4 is 17.4 Å². The molecule has 0 fully saturated rings. The summed E-state index contributed by atoms with van der Waals surface area (Å²) in [6.45, 7) is 2.04. The van der Waals surface area contributed by atoms with Gasteiger partial charge in [-0.05, 0) is 25.1 Å². The maximum Gasteiger partial charge on any atom is 0.124 e. The molecule has 2 aromatic rings. The lowest BCUT2D eigenvalue weighted by Crippen LogP contribution is -1.93. The Labute approximate surface area is 104 Å². The van der Waals surface area contributed by atoms with Gasteiger partial charge in [0.2, 0.25) is 0 Å². The minimum atomic E-state index is 0.482. The Kier molecular flexibility index (Phi) is 3.31. The fourth-order valence-corrected chi connectivity index (χ4v) is 2.11. The van der Waals surface area contributed by atoms with Gasteiger partial charge in [-0.1, -0.05) is 29.5 Å². The van der Waals surface area contributed by atoms with Gasteiger partial charge in [-0.2, -0.15) is 5.26 Å². The third-order valence-corrected chi connectivity index (χ3v) is 3.29. The number of hydrogen-bond donors (Lipinski definition) is 1. The van der Waals surface area contributed by atoms with Crippen molar-refractivity contribution < 1.29 is 0 Å². The molecule has 1 aromatic heterocycles. The van der Waals surface area contributed by atoms with Crippen LogP contribution in [0.5, 0.6) is 0 Å². The van der Waals surface area contributed by atoms with Gasteiger partial charge < -0.3 is 5.73 Å². The highest BCUT2D eigenvalue weighted by Gasteiger charge is 2.04. The molecule has 0 aliphatic rings. The van der Waals surface area contributed by atoms with Gasteiger partial charge in [-0.25, -0.2) is 4.98 Å². The molecule has 0 saturated heterocycles. The molecule has 2 rings (SSSR count). The third-order valence-electron chi connectivity index (χ3n) is 2.24. The number of anilines is 1. The molecule has 1 heterocycles. The number of aromatic nitrogens is 1. The Bertz CT molecular complexity index is 570. The summed E-state index contributed by atoms with van der Waals surface area (Å²) in [5.41, 5.74) is 8.08. The van der Waals surface area contributed by atoms with E-state index in [4.69, 9.17) is 11.0 Å². The lowest BCUT2D eigenvalue weighted by molar-refractivity contribution is 1.13. The Balaban J connectivity index is 2.25. The Morgan fingerprint density at radius 3 is 2.59 bits per heavy atom. The highest BCUT2D eigenvalue weighted by molar-refractivity contribution is 7.99. The first-order chi connectivity index (χ1) is 8.19. The molecule has 0 saturated carbocycles. The molecule has 0 aliphatic carbocycles. The molecular weight excluding hydrogens is 230 g/mol. The molecular formula is C13H11N3S. The smallest absolute Gasteiger partial charge is 0.124 e. The summed E-state index contributed by atoms with van der Waals surface area (Å²) in [5, 5.41) is 9.45. The van der Waals surface area contributed by atoms with Crippen molar-refractivity contribution in [1.29, 1.82) is 5.26 Å². The number of nitriles is 1. The number of hydrogen-bond acceptors (Lipinski definition) is 4. The third kappa shape index (κ3) is 2.77. The zero-order chi connectivity index (χ0) is 12.3. The van der Waals surface area contributed by atoms with Gasteiger partial charge in [0.25, 0.3) is 0 Å². The second-order valence-corrected chi connectivity index (χ2v) is 4.71. The summed E-state index contributed by atoms with van der Waals surface area (Å²) in [4.78, 5) is 5.27. The number of rotatable bonds is 2. The highest BCUT2D eigenvalue weighted by atomic mass is 32.2. The lowest BCUT2D eigenvalue weighted by atomic mass is 10.2. The van der Waals surface area contributed by atoms with Crippen LogP contribution in [0.3, 0.4) is 0 Å². The molecule has 1 aromatic carbocycles. The predicted molar refractivity (Wildman–Crippen MR) is 68.7 cm³/mol. The van der Waals surface area contributed by atoms with E-state index in [1.165, 1.54) is 23.5 Å². The van der Waals surface area contributed by atoms with Crippen LogP contribution in [0.15, 0.2) is 46.5 Å². The second-order valence-electron chi connectivity index (χ2n) is 3.65. The van der Waals surface area contributed by atoms with Crippen LogP contribution in [0.25, 0.3) is 0 Å². The summed E-state index contributed by atoms with van der Waals surface area (Å²) in [6.07, 6.45) is 1.53. The minimum Gasteiger partial charge on any atom is -0.396 e. The minimum absolute atomic E-state index is 0.482. The van der Waals surface area contributed by atoms with Gasteiger partial charge in [0.15, 0.2) is 0 Å². The van der Waals surface area contributed by atoms with Crippen LogP contribution < -0.4 is 5.73 Å². The van der Waals surface area contributed by atoms with Crippen LogP contribution in [0.1, 0.15) is 11.1 Å². The average molecular weight is 241 g/mol. The van der Waals surface area contributed by atoms with Crippen molar-refractivity contribution in [3.05, 3.63) is 47.7 Å². The molecule has 0 atom stereocenters.